The number of carbonyl (C=O) groups excluding carboxylic acids is 1. The lowest BCUT2D eigenvalue weighted by atomic mass is 10.5. The van der Waals surface area contributed by atoms with Crippen LogP contribution in [0, 0.1) is 0 Å². The first-order valence-corrected chi connectivity index (χ1v) is 3.44. The molecule has 5 heteroatoms. The summed E-state index contributed by atoms with van der Waals surface area (Å²) >= 11 is 1.10. The number of aliphatic carboxylic acids is 1. The van der Waals surface area contributed by atoms with Crippen LogP contribution in [-0.4, -0.2) is 17.9 Å². The first kappa shape index (κ1) is 9.77. The predicted molar refractivity (Wildman–Crippen MR) is 42.7 cm³/mol. The molecule has 0 saturated carbocycles. The van der Waals surface area contributed by atoms with Crippen LogP contribution in [0.4, 0.5) is 0 Å². The SMILES string of the molecule is C=O.O=C(O)C1=CC=CNS1. The zero-order chi connectivity index (χ0) is 8.69. The largest absolute Gasteiger partial charge is 0.477 e. The molecule has 0 spiro atoms. The predicted octanol–water partition coefficient (Wildman–Crippen LogP) is 0.535. The van der Waals surface area contributed by atoms with Crippen LogP contribution in [0.15, 0.2) is 23.3 Å². The Labute approximate surface area is 68.1 Å². The van der Waals surface area contributed by atoms with E-state index in [1.165, 1.54) is 0 Å². The Bertz CT molecular complexity index is 200. The molecule has 1 heterocycles. The number of hydrogen-bond donors (Lipinski definition) is 2. The summed E-state index contributed by atoms with van der Waals surface area (Å²) in [5, 5.41) is 8.38. The fourth-order valence-corrected chi connectivity index (χ4v) is 0.929. The minimum atomic E-state index is -0.892. The maximum atomic E-state index is 10.2. The summed E-state index contributed by atoms with van der Waals surface area (Å²) in [7, 11) is 0. The molecule has 11 heavy (non-hydrogen) atoms. The normalized spacial score (nSPS) is 13.6. The highest BCUT2D eigenvalue weighted by atomic mass is 32.2. The first-order valence-electron chi connectivity index (χ1n) is 2.62. The second-order valence-electron chi connectivity index (χ2n) is 1.42. The molecule has 0 amide bonds. The van der Waals surface area contributed by atoms with E-state index in [9.17, 15) is 4.79 Å². The number of carboxylic acid groups (broad SMARTS) is 1. The summed E-state index contributed by atoms with van der Waals surface area (Å²) in [5.41, 5.74) is 0. The zero-order valence-corrected chi connectivity index (χ0v) is 6.43. The standard InChI is InChI=1S/C5H5NO2S.CH2O/c7-5(8)4-2-1-3-6-9-4;1-2/h1-3,6H,(H,7,8);1H2. The second-order valence-corrected chi connectivity index (χ2v) is 2.29. The minimum Gasteiger partial charge on any atom is -0.477 e. The molecule has 1 aliphatic heterocycles. The van der Waals surface area contributed by atoms with Crippen molar-refractivity contribution in [2.75, 3.05) is 0 Å². The van der Waals surface area contributed by atoms with Gasteiger partial charge in [0.25, 0.3) is 0 Å². The van der Waals surface area contributed by atoms with Gasteiger partial charge in [-0.25, -0.2) is 4.79 Å². The molecule has 0 aromatic rings. The third-order valence-corrected chi connectivity index (χ3v) is 1.58. The van der Waals surface area contributed by atoms with E-state index in [2.05, 4.69) is 4.72 Å². The zero-order valence-electron chi connectivity index (χ0n) is 5.61. The summed E-state index contributed by atoms with van der Waals surface area (Å²) in [6, 6.07) is 0. The summed E-state index contributed by atoms with van der Waals surface area (Å²) < 4.78 is 2.70. The number of nitrogens with one attached hydrogen (secondary N) is 1. The number of hydrogen-bond acceptors (Lipinski definition) is 4. The highest BCUT2D eigenvalue weighted by Gasteiger charge is 2.07. The highest BCUT2D eigenvalue weighted by molar-refractivity contribution is 8.02. The molecule has 0 radical (unpaired) electrons. The van der Waals surface area contributed by atoms with E-state index < -0.39 is 5.97 Å². The van der Waals surface area contributed by atoms with Crippen LogP contribution in [0.1, 0.15) is 0 Å². The van der Waals surface area contributed by atoms with Crippen molar-refractivity contribution in [1.29, 1.82) is 0 Å². The van der Waals surface area contributed by atoms with Crippen molar-refractivity contribution >= 4 is 24.7 Å². The molecule has 1 aliphatic rings. The van der Waals surface area contributed by atoms with E-state index in [0.29, 0.717) is 4.91 Å². The quantitative estimate of drug-likeness (QED) is 0.566. The van der Waals surface area contributed by atoms with Crippen molar-refractivity contribution in [3.63, 3.8) is 0 Å². The molecule has 0 aromatic heterocycles. The number of allylic oxidation sites excluding steroid dienone is 2. The van der Waals surface area contributed by atoms with Crippen LogP contribution in [0.3, 0.4) is 0 Å². The number of rotatable bonds is 1. The Hall–Kier alpha value is -1.23. The molecule has 2 N–H and O–H groups in total. The Morgan fingerprint density at radius 2 is 2.27 bits per heavy atom. The van der Waals surface area contributed by atoms with Crippen molar-refractivity contribution in [3.8, 4) is 0 Å². The van der Waals surface area contributed by atoms with Gasteiger partial charge in [-0.2, -0.15) is 0 Å². The van der Waals surface area contributed by atoms with Crippen molar-refractivity contribution in [3.05, 3.63) is 23.3 Å². The van der Waals surface area contributed by atoms with Gasteiger partial charge in [0, 0.05) is 6.20 Å². The van der Waals surface area contributed by atoms with E-state index in [1.54, 1.807) is 18.4 Å². The minimum absolute atomic E-state index is 0.317. The molecule has 0 fully saturated rings. The van der Waals surface area contributed by atoms with Crippen LogP contribution in [0.5, 0.6) is 0 Å². The van der Waals surface area contributed by atoms with E-state index in [-0.39, 0.29) is 0 Å². The molecule has 0 atom stereocenters. The molecule has 4 nitrogen and oxygen atoms in total. The molecular weight excluding hydrogens is 166 g/mol. The summed E-state index contributed by atoms with van der Waals surface area (Å²) in [4.78, 5) is 18.5. The number of carboxylic acids is 1. The molecular formula is C6H7NO3S. The smallest absolute Gasteiger partial charge is 0.343 e. The van der Waals surface area contributed by atoms with E-state index in [4.69, 9.17) is 9.90 Å². The van der Waals surface area contributed by atoms with Crippen molar-refractivity contribution in [2.24, 2.45) is 0 Å². The Morgan fingerprint density at radius 3 is 2.55 bits per heavy atom. The van der Waals surface area contributed by atoms with E-state index >= 15 is 0 Å². The lowest BCUT2D eigenvalue weighted by Gasteiger charge is -2.02. The topological polar surface area (TPSA) is 66.4 Å². The van der Waals surface area contributed by atoms with Crippen molar-refractivity contribution in [1.82, 2.24) is 4.72 Å². The first-order chi connectivity index (χ1) is 5.30. The average Bonchev–Trinajstić information content (AvgIpc) is 2.10. The Balaban J connectivity index is 0.000000461. The maximum Gasteiger partial charge on any atom is 0.343 e. The summed E-state index contributed by atoms with van der Waals surface area (Å²) in [6.07, 6.45) is 4.88. The third-order valence-electron chi connectivity index (χ3n) is 0.792. The maximum absolute atomic E-state index is 10.2. The molecule has 1 rings (SSSR count). The van der Waals surface area contributed by atoms with Gasteiger partial charge in [-0.05, 0) is 24.1 Å². The second kappa shape index (κ2) is 5.55. The lowest BCUT2D eigenvalue weighted by molar-refractivity contribution is -0.131. The molecule has 60 valence electrons. The number of carbonyl (C=O) groups is 2. The summed E-state index contributed by atoms with van der Waals surface area (Å²) in [6.45, 7) is 2.00. The third kappa shape index (κ3) is 3.47. The molecule has 0 bridgehead atoms. The molecule has 0 unspecified atom stereocenters. The van der Waals surface area contributed by atoms with Crippen LogP contribution < -0.4 is 4.72 Å². The molecule has 0 saturated heterocycles. The van der Waals surface area contributed by atoms with Crippen molar-refractivity contribution in [2.45, 2.75) is 0 Å². The fraction of sp³-hybridized carbons (Fsp3) is 0. The van der Waals surface area contributed by atoms with Crippen LogP contribution in [0.2, 0.25) is 0 Å². The van der Waals surface area contributed by atoms with Gasteiger partial charge in [0.15, 0.2) is 0 Å². The summed E-state index contributed by atoms with van der Waals surface area (Å²) in [5.74, 6) is -0.892. The fourth-order valence-electron chi connectivity index (χ4n) is 0.421. The van der Waals surface area contributed by atoms with Crippen molar-refractivity contribution < 1.29 is 14.7 Å². The monoisotopic (exact) mass is 173 g/mol. The highest BCUT2D eigenvalue weighted by Crippen LogP contribution is 2.14. The van der Waals surface area contributed by atoms with Crippen LogP contribution in [0.25, 0.3) is 0 Å². The van der Waals surface area contributed by atoms with E-state index in [1.807, 2.05) is 6.79 Å². The van der Waals surface area contributed by atoms with Gasteiger partial charge in [-0.15, -0.1) is 0 Å². The Morgan fingerprint density at radius 1 is 1.64 bits per heavy atom. The van der Waals surface area contributed by atoms with Crippen LogP contribution >= 0.6 is 11.9 Å². The van der Waals surface area contributed by atoms with Gasteiger partial charge in [0.2, 0.25) is 0 Å². The van der Waals surface area contributed by atoms with Crippen LogP contribution in [-0.2, 0) is 9.59 Å². The van der Waals surface area contributed by atoms with Gasteiger partial charge in [-0.3, -0.25) is 0 Å². The van der Waals surface area contributed by atoms with Gasteiger partial charge < -0.3 is 14.6 Å². The average molecular weight is 173 g/mol. The van der Waals surface area contributed by atoms with Gasteiger partial charge in [0.1, 0.15) is 11.7 Å². The van der Waals surface area contributed by atoms with E-state index in [0.717, 1.165) is 11.9 Å². The molecule has 0 aliphatic carbocycles. The van der Waals surface area contributed by atoms with Gasteiger partial charge >= 0.3 is 5.97 Å². The Kier molecular flexibility index (Phi) is 4.93. The van der Waals surface area contributed by atoms with Gasteiger partial charge in [0.05, 0.1) is 0 Å². The molecule has 0 aromatic carbocycles. The van der Waals surface area contributed by atoms with Gasteiger partial charge in [-0.1, -0.05) is 0 Å². The lowest BCUT2D eigenvalue weighted by Crippen LogP contribution is -2.04.